The van der Waals surface area contributed by atoms with Crippen LogP contribution in [0.4, 0.5) is 4.39 Å². The Morgan fingerprint density at radius 2 is 2.26 bits per heavy atom. The average molecular weight is 422 g/mol. The predicted octanol–water partition coefficient (Wildman–Crippen LogP) is 3.30. The van der Waals surface area contributed by atoms with E-state index >= 15 is 0 Å². The molecule has 27 heavy (non-hydrogen) atoms. The highest BCUT2D eigenvalue weighted by atomic mass is 35.5. The van der Waals surface area contributed by atoms with E-state index in [4.69, 9.17) is 22.1 Å². The number of amides is 1. The van der Waals surface area contributed by atoms with Gasteiger partial charge in [0.2, 0.25) is 5.91 Å². The van der Waals surface area contributed by atoms with Crippen molar-refractivity contribution in [1.29, 1.82) is 0 Å². The van der Waals surface area contributed by atoms with Crippen molar-refractivity contribution < 1.29 is 13.9 Å². The lowest BCUT2D eigenvalue weighted by Gasteiger charge is -2.38. The number of carbonyl (C=O) groups is 1. The lowest BCUT2D eigenvalue weighted by Crippen LogP contribution is -2.54. The van der Waals surface area contributed by atoms with Crippen molar-refractivity contribution >= 4 is 29.9 Å². The number of nitrogens with zero attached hydrogens (tertiary/aromatic N) is 1. The highest BCUT2D eigenvalue weighted by Crippen LogP contribution is 2.31. The smallest absolute Gasteiger partial charge is 0.239 e. The second kappa shape index (κ2) is 10.6. The van der Waals surface area contributed by atoms with Gasteiger partial charge in [0.25, 0.3) is 0 Å². The van der Waals surface area contributed by atoms with E-state index in [1.807, 2.05) is 13.8 Å². The molecule has 1 aliphatic rings. The lowest BCUT2D eigenvalue weighted by atomic mass is 9.96. The fraction of sp³-hybridized carbons (Fsp3) is 0.632. The first-order valence-electron chi connectivity index (χ1n) is 9.13. The first-order valence-corrected chi connectivity index (χ1v) is 9.50. The van der Waals surface area contributed by atoms with Crippen molar-refractivity contribution in [2.45, 2.75) is 51.3 Å². The van der Waals surface area contributed by atoms with Gasteiger partial charge >= 0.3 is 0 Å². The van der Waals surface area contributed by atoms with Crippen molar-refractivity contribution in [2.75, 3.05) is 26.2 Å². The van der Waals surface area contributed by atoms with Crippen LogP contribution in [0.3, 0.4) is 0 Å². The molecule has 3 atom stereocenters. The molecular formula is C19H30Cl2FN3O2. The highest BCUT2D eigenvalue weighted by Gasteiger charge is 2.32. The van der Waals surface area contributed by atoms with E-state index in [2.05, 4.69) is 10.2 Å². The van der Waals surface area contributed by atoms with E-state index in [0.717, 1.165) is 6.42 Å². The molecule has 1 aromatic rings. The zero-order valence-corrected chi connectivity index (χ0v) is 17.7. The molecule has 1 saturated heterocycles. The number of ether oxygens (including phenoxy) is 1. The third-order valence-electron chi connectivity index (χ3n) is 4.79. The van der Waals surface area contributed by atoms with Gasteiger partial charge in [-0.05, 0) is 32.4 Å². The van der Waals surface area contributed by atoms with Crippen LogP contribution in [0.2, 0.25) is 5.02 Å². The molecule has 1 aromatic carbocycles. The van der Waals surface area contributed by atoms with Crippen LogP contribution < -0.4 is 11.1 Å². The third-order valence-corrected chi connectivity index (χ3v) is 5.12. The molecule has 1 heterocycles. The van der Waals surface area contributed by atoms with Crippen molar-refractivity contribution in [1.82, 2.24) is 10.2 Å². The summed E-state index contributed by atoms with van der Waals surface area (Å²) < 4.78 is 20.1. The molecule has 0 saturated carbocycles. The van der Waals surface area contributed by atoms with E-state index < -0.39 is 5.54 Å². The molecule has 0 bridgehead atoms. The Morgan fingerprint density at radius 3 is 2.85 bits per heavy atom. The summed E-state index contributed by atoms with van der Waals surface area (Å²) in [7, 11) is 0. The number of benzene rings is 1. The molecule has 5 nitrogen and oxygen atoms in total. The Kier molecular flexibility index (Phi) is 9.45. The molecule has 3 N–H and O–H groups in total. The summed E-state index contributed by atoms with van der Waals surface area (Å²) in [6, 6.07) is 4.26. The minimum atomic E-state index is -0.948. The number of nitrogens with one attached hydrogen (secondary N) is 1. The molecule has 1 amide bonds. The molecule has 3 unspecified atom stereocenters. The Morgan fingerprint density at radius 1 is 1.56 bits per heavy atom. The van der Waals surface area contributed by atoms with Gasteiger partial charge in [0.15, 0.2) is 0 Å². The summed E-state index contributed by atoms with van der Waals surface area (Å²) >= 11 is 6.30. The van der Waals surface area contributed by atoms with E-state index in [-0.39, 0.29) is 42.8 Å². The van der Waals surface area contributed by atoms with Crippen LogP contribution in [-0.2, 0) is 9.53 Å². The number of carbonyl (C=O) groups excluding carboxylic acids is 1. The standard InChI is InChI=1S/C19H29ClFN3O2.ClH/c1-4-8-19(3,22)18(25)23-11-16(24-9-10-26-13(2)12-24)17-14(20)6-5-7-15(17)21;/h5-7,13,16H,4,8-12,22H2,1-3H3,(H,23,25);1H. The number of morpholine rings is 1. The summed E-state index contributed by atoms with van der Waals surface area (Å²) in [5.74, 6) is -0.613. The van der Waals surface area contributed by atoms with Crippen LogP contribution in [0, 0.1) is 5.82 Å². The maximum absolute atomic E-state index is 14.6. The minimum Gasteiger partial charge on any atom is -0.376 e. The summed E-state index contributed by atoms with van der Waals surface area (Å²) in [5, 5.41) is 3.26. The molecule has 1 fully saturated rings. The van der Waals surface area contributed by atoms with Crippen LogP contribution in [0.5, 0.6) is 0 Å². The predicted molar refractivity (Wildman–Crippen MR) is 109 cm³/mol. The topological polar surface area (TPSA) is 67.6 Å². The summed E-state index contributed by atoms with van der Waals surface area (Å²) in [4.78, 5) is 14.6. The molecule has 1 aliphatic heterocycles. The van der Waals surface area contributed by atoms with Crippen LogP contribution >= 0.6 is 24.0 Å². The van der Waals surface area contributed by atoms with Crippen LogP contribution in [0.1, 0.15) is 45.2 Å². The van der Waals surface area contributed by atoms with E-state index in [0.29, 0.717) is 36.7 Å². The zero-order valence-electron chi connectivity index (χ0n) is 16.1. The molecule has 2 rings (SSSR count). The summed E-state index contributed by atoms with van der Waals surface area (Å²) in [6.07, 6.45) is 1.43. The third kappa shape index (κ3) is 6.29. The molecule has 0 aromatic heterocycles. The molecular weight excluding hydrogens is 392 g/mol. The van der Waals surface area contributed by atoms with Gasteiger partial charge in [0.1, 0.15) is 5.82 Å². The SMILES string of the molecule is CCCC(C)(N)C(=O)NCC(c1c(F)cccc1Cl)N1CCOC(C)C1.Cl. The van der Waals surface area contributed by atoms with E-state index in [1.54, 1.807) is 19.1 Å². The van der Waals surface area contributed by atoms with Gasteiger partial charge in [-0.25, -0.2) is 4.39 Å². The Hall–Kier alpha value is -0.920. The van der Waals surface area contributed by atoms with Gasteiger partial charge in [0, 0.05) is 30.2 Å². The van der Waals surface area contributed by atoms with Gasteiger partial charge in [0.05, 0.1) is 24.3 Å². The number of nitrogens with two attached hydrogens (primary N) is 1. The first-order chi connectivity index (χ1) is 12.3. The summed E-state index contributed by atoms with van der Waals surface area (Å²) in [6.45, 7) is 7.75. The average Bonchev–Trinajstić information content (AvgIpc) is 2.57. The Balaban J connectivity index is 0.00000364. The minimum absolute atomic E-state index is 0. The van der Waals surface area contributed by atoms with Gasteiger partial charge in [-0.15, -0.1) is 12.4 Å². The van der Waals surface area contributed by atoms with Crippen LogP contribution in [-0.4, -0.2) is 48.7 Å². The van der Waals surface area contributed by atoms with Crippen molar-refractivity contribution in [3.63, 3.8) is 0 Å². The maximum atomic E-state index is 14.6. The quantitative estimate of drug-likeness (QED) is 0.708. The van der Waals surface area contributed by atoms with E-state index in [9.17, 15) is 9.18 Å². The fourth-order valence-corrected chi connectivity index (χ4v) is 3.68. The Labute approximate surface area is 172 Å². The molecule has 0 radical (unpaired) electrons. The second-order valence-corrected chi connectivity index (χ2v) is 7.61. The first kappa shape index (κ1) is 24.1. The van der Waals surface area contributed by atoms with Crippen molar-refractivity contribution in [2.24, 2.45) is 5.73 Å². The van der Waals surface area contributed by atoms with Crippen molar-refractivity contribution in [3.05, 3.63) is 34.6 Å². The van der Waals surface area contributed by atoms with E-state index in [1.165, 1.54) is 6.07 Å². The highest BCUT2D eigenvalue weighted by molar-refractivity contribution is 6.31. The fourth-order valence-electron chi connectivity index (χ4n) is 3.40. The maximum Gasteiger partial charge on any atom is 0.239 e. The van der Waals surface area contributed by atoms with Gasteiger partial charge in [-0.2, -0.15) is 0 Å². The number of rotatable bonds is 7. The Bertz CT molecular complexity index is 611. The zero-order chi connectivity index (χ0) is 19.3. The monoisotopic (exact) mass is 421 g/mol. The summed E-state index contributed by atoms with van der Waals surface area (Å²) in [5.41, 5.74) is 5.56. The molecule has 8 heteroatoms. The number of hydrogen-bond acceptors (Lipinski definition) is 4. The van der Waals surface area contributed by atoms with Gasteiger partial charge in [-0.1, -0.05) is 31.0 Å². The van der Waals surface area contributed by atoms with Gasteiger partial charge in [-0.3, -0.25) is 9.69 Å². The molecule has 0 spiro atoms. The van der Waals surface area contributed by atoms with Gasteiger partial charge < -0.3 is 15.8 Å². The lowest BCUT2D eigenvalue weighted by molar-refractivity contribution is -0.126. The van der Waals surface area contributed by atoms with Crippen LogP contribution in [0.25, 0.3) is 0 Å². The van der Waals surface area contributed by atoms with Crippen LogP contribution in [0.15, 0.2) is 18.2 Å². The normalized spacial score (nSPS) is 21.0. The molecule has 154 valence electrons. The van der Waals surface area contributed by atoms with Crippen molar-refractivity contribution in [3.8, 4) is 0 Å². The second-order valence-electron chi connectivity index (χ2n) is 7.20. The number of hydrogen-bond donors (Lipinski definition) is 2. The largest absolute Gasteiger partial charge is 0.376 e. The molecule has 0 aliphatic carbocycles. The number of halogens is 3.